The summed E-state index contributed by atoms with van der Waals surface area (Å²) in [6, 6.07) is 12.1. The van der Waals surface area contributed by atoms with Crippen LogP contribution in [0.1, 0.15) is 37.3 Å². The highest BCUT2D eigenvalue weighted by Crippen LogP contribution is 2.26. The molecule has 0 bridgehead atoms. The molecular formula is C25H32N4O3. The number of benzene rings is 1. The molecule has 1 unspecified atom stereocenters. The minimum absolute atomic E-state index is 0.00460. The molecule has 0 spiro atoms. The quantitative estimate of drug-likeness (QED) is 0.689. The Morgan fingerprint density at radius 2 is 1.94 bits per heavy atom. The summed E-state index contributed by atoms with van der Waals surface area (Å²) in [5.41, 5.74) is 3.15. The summed E-state index contributed by atoms with van der Waals surface area (Å²) in [6.45, 7) is 6.08. The number of carbonyl (C=O) groups is 2. The summed E-state index contributed by atoms with van der Waals surface area (Å²) >= 11 is 0. The van der Waals surface area contributed by atoms with Crippen LogP contribution < -0.4 is 15.1 Å². The number of amides is 2. The molecule has 7 nitrogen and oxygen atoms in total. The van der Waals surface area contributed by atoms with Crippen LogP contribution in [0.15, 0.2) is 42.6 Å². The van der Waals surface area contributed by atoms with Gasteiger partial charge in [-0.3, -0.25) is 9.59 Å². The van der Waals surface area contributed by atoms with E-state index in [9.17, 15) is 9.59 Å². The molecule has 1 aromatic heterocycles. The molecule has 1 aromatic carbocycles. The van der Waals surface area contributed by atoms with Crippen LogP contribution in [0.2, 0.25) is 0 Å². The summed E-state index contributed by atoms with van der Waals surface area (Å²) < 4.78 is 5.40. The van der Waals surface area contributed by atoms with Crippen molar-refractivity contribution in [1.29, 1.82) is 0 Å². The fraction of sp³-hybridized carbons (Fsp3) is 0.480. The second kappa shape index (κ2) is 10.6. The predicted molar refractivity (Wildman–Crippen MR) is 125 cm³/mol. The lowest BCUT2D eigenvalue weighted by atomic mass is 10.1. The number of hydrogen-bond acceptors (Lipinski definition) is 5. The SMILES string of the molecule is CCCCc1ccc(N2CC(C(=O)NCc3ccnc(N4CCOCC4)c3)CC2=O)cc1. The zero-order chi connectivity index (χ0) is 22.3. The molecule has 7 heteroatoms. The minimum Gasteiger partial charge on any atom is -0.378 e. The van der Waals surface area contributed by atoms with Crippen molar-refractivity contribution in [1.82, 2.24) is 10.3 Å². The smallest absolute Gasteiger partial charge is 0.227 e. The van der Waals surface area contributed by atoms with Crippen molar-refractivity contribution in [3.8, 4) is 0 Å². The lowest BCUT2D eigenvalue weighted by Crippen LogP contribution is -2.37. The van der Waals surface area contributed by atoms with Crippen LogP contribution in [0.25, 0.3) is 0 Å². The Morgan fingerprint density at radius 1 is 1.16 bits per heavy atom. The number of ether oxygens (including phenoxy) is 1. The van der Waals surface area contributed by atoms with E-state index < -0.39 is 0 Å². The van der Waals surface area contributed by atoms with E-state index in [4.69, 9.17) is 4.74 Å². The van der Waals surface area contributed by atoms with Gasteiger partial charge < -0.3 is 19.9 Å². The van der Waals surface area contributed by atoms with E-state index >= 15 is 0 Å². The van der Waals surface area contributed by atoms with Gasteiger partial charge in [0.2, 0.25) is 11.8 Å². The molecule has 0 aliphatic carbocycles. The molecule has 2 saturated heterocycles. The molecule has 32 heavy (non-hydrogen) atoms. The highest BCUT2D eigenvalue weighted by Gasteiger charge is 2.35. The zero-order valence-electron chi connectivity index (χ0n) is 18.8. The molecule has 2 fully saturated rings. The molecular weight excluding hydrogens is 404 g/mol. The van der Waals surface area contributed by atoms with Gasteiger partial charge in [0.1, 0.15) is 5.82 Å². The van der Waals surface area contributed by atoms with E-state index in [0.29, 0.717) is 26.3 Å². The Hall–Kier alpha value is -2.93. The minimum atomic E-state index is -0.331. The zero-order valence-corrected chi connectivity index (χ0v) is 18.8. The maximum absolute atomic E-state index is 12.8. The monoisotopic (exact) mass is 436 g/mol. The topological polar surface area (TPSA) is 74.8 Å². The maximum Gasteiger partial charge on any atom is 0.227 e. The van der Waals surface area contributed by atoms with Gasteiger partial charge in [0.15, 0.2) is 0 Å². The number of rotatable bonds is 8. The van der Waals surface area contributed by atoms with Crippen LogP contribution in [0.3, 0.4) is 0 Å². The fourth-order valence-corrected chi connectivity index (χ4v) is 4.23. The number of nitrogens with zero attached hydrogens (tertiary/aromatic N) is 3. The number of nitrogens with one attached hydrogen (secondary N) is 1. The number of aryl methyl sites for hydroxylation is 1. The third kappa shape index (κ3) is 5.46. The Balaban J connectivity index is 1.31. The largest absolute Gasteiger partial charge is 0.378 e. The molecule has 4 rings (SSSR count). The average Bonchev–Trinajstić information content (AvgIpc) is 3.24. The number of hydrogen-bond donors (Lipinski definition) is 1. The molecule has 0 radical (unpaired) electrons. The fourth-order valence-electron chi connectivity index (χ4n) is 4.23. The molecule has 2 aromatic rings. The molecule has 2 aliphatic heterocycles. The molecule has 2 amide bonds. The maximum atomic E-state index is 12.8. The normalized spacial score (nSPS) is 18.8. The first kappa shape index (κ1) is 22.3. The van der Waals surface area contributed by atoms with Crippen LogP contribution in [-0.2, 0) is 27.3 Å². The average molecular weight is 437 g/mol. The van der Waals surface area contributed by atoms with Gasteiger partial charge in [-0.15, -0.1) is 0 Å². The van der Waals surface area contributed by atoms with Crippen LogP contribution in [0.4, 0.5) is 11.5 Å². The van der Waals surface area contributed by atoms with Gasteiger partial charge in [0.25, 0.3) is 0 Å². The van der Waals surface area contributed by atoms with Gasteiger partial charge in [0, 0.05) is 44.5 Å². The van der Waals surface area contributed by atoms with Gasteiger partial charge in [-0.2, -0.15) is 0 Å². The number of morpholine rings is 1. The lowest BCUT2D eigenvalue weighted by molar-refractivity contribution is -0.126. The number of carbonyl (C=O) groups excluding carboxylic acids is 2. The third-order valence-electron chi connectivity index (χ3n) is 6.17. The Kier molecular flexibility index (Phi) is 7.37. The van der Waals surface area contributed by atoms with E-state index in [2.05, 4.69) is 34.3 Å². The van der Waals surface area contributed by atoms with Gasteiger partial charge in [0.05, 0.1) is 19.1 Å². The molecule has 1 N–H and O–H groups in total. The standard InChI is InChI=1S/C25H32N4O3/c1-2-3-4-19-5-7-22(8-6-19)29-18-21(16-24(29)30)25(31)27-17-20-9-10-26-23(15-20)28-11-13-32-14-12-28/h5-10,15,21H,2-4,11-14,16-18H2,1H3,(H,27,31). The highest BCUT2D eigenvalue weighted by molar-refractivity contribution is 6.00. The van der Waals surface area contributed by atoms with Gasteiger partial charge in [-0.25, -0.2) is 4.98 Å². The molecule has 1 atom stereocenters. The van der Waals surface area contributed by atoms with E-state index in [0.717, 1.165) is 49.4 Å². The van der Waals surface area contributed by atoms with Crippen molar-refractivity contribution in [2.45, 2.75) is 39.2 Å². The predicted octanol–water partition coefficient (Wildman–Crippen LogP) is 2.93. The van der Waals surface area contributed by atoms with Crippen molar-refractivity contribution < 1.29 is 14.3 Å². The van der Waals surface area contributed by atoms with Crippen molar-refractivity contribution in [2.24, 2.45) is 5.92 Å². The highest BCUT2D eigenvalue weighted by atomic mass is 16.5. The van der Waals surface area contributed by atoms with Crippen LogP contribution in [-0.4, -0.2) is 49.6 Å². The first-order valence-electron chi connectivity index (χ1n) is 11.6. The summed E-state index contributed by atoms with van der Waals surface area (Å²) in [7, 11) is 0. The number of pyridine rings is 1. The number of aromatic nitrogens is 1. The molecule has 0 saturated carbocycles. The van der Waals surface area contributed by atoms with E-state index in [-0.39, 0.29) is 24.2 Å². The van der Waals surface area contributed by atoms with E-state index in [1.165, 1.54) is 5.56 Å². The molecule has 2 aliphatic rings. The van der Waals surface area contributed by atoms with Crippen LogP contribution in [0, 0.1) is 5.92 Å². The number of anilines is 2. The van der Waals surface area contributed by atoms with Crippen molar-refractivity contribution in [2.75, 3.05) is 42.6 Å². The Bertz CT molecular complexity index is 925. The van der Waals surface area contributed by atoms with E-state index in [1.54, 1.807) is 11.1 Å². The Labute approximate surface area is 189 Å². The molecule has 3 heterocycles. The summed E-state index contributed by atoms with van der Waals surface area (Å²) in [5, 5.41) is 3.01. The lowest BCUT2D eigenvalue weighted by Gasteiger charge is -2.28. The Morgan fingerprint density at radius 3 is 2.69 bits per heavy atom. The van der Waals surface area contributed by atoms with Crippen LogP contribution in [0.5, 0.6) is 0 Å². The first-order chi connectivity index (χ1) is 15.6. The van der Waals surface area contributed by atoms with Gasteiger partial charge in [-0.05, 0) is 48.2 Å². The van der Waals surface area contributed by atoms with Crippen molar-refractivity contribution >= 4 is 23.3 Å². The van der Waals surface area contributed by atoms with Crippen molar-refractivity contribution in [3.05, 3.63) is 53.7 Å². The summed E-state index contributed by atoms with van der Waals surface area (Å²) in [4.78, 5) is 33.7. The number of unbranched alkanes of at least 4 members (excludes halogenated alkanes) is 1. The second-order valence-corrected chi connectivity index (χ2v) is 8.51. The molecule has 170 valence electrons. The third-order valence-corrected chi connectivity index (χ3v) is 6.17. The van der Waals surface area contributed by atoms with E-state index in [1.807, 2.05) is 24.3 Å². The summed E-state index contributed by atoms with van der Waals surface area (Å²) in [6.07, 6.45) is 5.40. The van der Waals surface area contributed by atoms with Gasteiger partial charge >= 0.3 is 0 Å². The van der Waals surface area contributed by atoms with Crippen molar-refractivity contribution in [3.63, 3.8) is 0 Å². The van der Waals surface area contributed by atoms with Crippen LogP contribution >= 0.6 is 0 Å². The first-order valence-corrected chi connectivity index (χ1v) is 11.6. The van der Waals surface area contributed by atoms with Gasteiger partial charge in [-0.1, -0.05) is 25.5 Å². The summed E-state index contributed by atoms with van der Waals surface area (Å²) in [5.74, 6) is 0.502. The second-order valence-electron chi connectivity index (χ2n) is 8.51.